The molecule has 11 heteroatoms. The predicted molar refractivity (Wildman–Crippen MR) is 144 cm³/mol. The lowest BCUT2D eigenvalue weighted by molar-refractivity contribution is 0.414. The Morgan fingerprint density at radius 2 is 0.919 bits per heavy atom. The number of methoxy groups -OCH3 is 3. The molecule has 0 aliphatic rings. The summed E-state index contributed by atoms with van der Waals surface area (Å²) in [6.07, 6.45) is 4.97. The van der Waals surface area contributed by atoms with Gasteiger partial charge in [0.2, 0.25) is 0 Å². The zero-order chi connectivity index (χ0) is 25.9. The number of ether oxygens (including phenoxy) is 3. The molecule has 0 saturated heterocycles. The molecule has 0 fully saturated rings. The van der Waals surface area contributed by atoms with Crippen molar-refractivity contribution in [1.82, 2.24) is 14.9 Å². The Morgan fingerprint density at radius 3 is 1.27 bits per heavy atom. The maximum atomic E-state index is 5.21. The maximum Gasteiger partial charge on any atom is 0.267 e. The largest absolute Gasteiger partial charge is 0.497 e. The minimum absolute atomic E-state index is 0.289. The molecule has 4 rings (SSSR count). The van der Waals surface area contributed by atoms with E-state index in [0.717, 1.165) is 33.9 Å². The Kier molecular flexibility index (Phi) is 8.42. The topological polar surface area (TPSA) is 120 Å². The van der Waals surface area contributed by atoms with Crippen LogP contribution in [0.4, 0.5) is 11.9 Å². The molecule has 0 bridgehead atoms. The molecule has 0 amide bonds. The van der Waals surface area contributed by atoms with Crippen LogP contribution in [0.1, 0.15) is 16.7 Å². The number of nitrogens with zero attached hydrogens (tertiary/aromatic N) is 6. The molecule has 1 heterocycles. The molecular weight excluding hydrogens is 472 g/mol. The molecule has 0 radical (unpaired) electrons. The zero-order valence-electron chi connectivity index (χ0n) is 20.6. The summed E-state index contributed by atoms with van der Waals surface area (Å²) >= 11 is 0. The molecule has 0 unspecified atom stereocenters. The minimum atomic E-state index is 0.289. The van der Waals surface area contributed by atoms with Crippen molar-refractivity contribution in [3.63, 3.8) is 0 Å². The fourth-order valence-corrected chi connectivity index (χ4v) is 3.05. The summed E-state index contributed by atoms with van der Waals surface area (Å²) in [6.45, 7) is 0. The highest BCUT2D eigenvalue weighted by atomic mass is 16.5. The molecule has 11 nitrogen and oxygen atoms in total. The fraction of sp³-hybridized carbons (Fsp3) is 0.115. The standard InChI is InChI=1S/C26H26N8O3/c1-35-22-10-4-19(5-11-22)16-27-30-25-32-33-26(31-28-17-20-6-12-23(36-2)13-7-20)34(25)29-18-21-8-14-24(37-3)15-9-21/h4-18H,1-3H3,(H,30,32)(H,31,33). The van der Waals surface area contributed by atoms with Crippen LogP contribution >= 0.6 is 0 Å². The lowest BCUT2D eigenvalue weighted by Gasteiger charge is -2.04. The van der Waals surface area contributed by atoms with E-state index in [1.807, 2.05) is 72.8 Å². The normalized spacial score (nSPS) is 11.3. The summed E-state index contributed by atoms with van der Waals surface area (Å²) in [5, 5.41) is 21.3. The van der Waals surface area contributed by atoms with Gasteiger partial charge in [-0.1, -0.05) is 0 Å². The van der Waals surface area contributed by atoms with Crippen LogP contribution < -0.4 is 25.1 Å². The molecule has 2 N–H and O–H groups in total. The van der Waals surface area contributed by atoms with Crippen molar-refractivity contribution in [2.24, 2.45) is 15.3 Å². The second kappa shape index (κ2) is 12.5. The van der Waals surface area contributed by atoms with Crippen LogP contribution in [0.15, 0.2) is 88.1 Å². The van der Waals surface area contributed by atoms with Crippen LogP contribution in [-0.4, -0.2) is 54.8 Å². The Balaban J connectivity index is 1.52. The van der Waals surface area contributed by atoms with Crippen LogP contribution in [0, 0.1) is 0 Å². The summed E-state index contributed by atoms with van der Waals surface area (Å²) in [4.78, 5) is 0. The quantitative estimate of drug-likeness (QED) is 0.236. The Hall–Kier alpha value is -5.19. The summed E-state index contributed by atoms with van der Waals surface area (Å²) in [5.74, 6) is 2.87. The molecule has 188 valence electrons. The van der Waals surface area contributed by atoms with E-state index < -0.39 is 0 Å². The maximum absolute atomic E-state index is 5.21. The third kappa shape index (κ3) is 6.92. The molecular formula is C26H26N8O3. The molecule has 0 aliphatic carbocycles. The van der Waals surface area contributed by atoms with Crippen molar-refractivity contribution >= 4 is 30.5 Å². The number of rotatable bonds is 11. The fourth-order valence-electron chi connectivity index (χ4n) is 3.05. The van der Waals surface area contributed by atoms with E-state index >= 15 is 0 Å². The van der Waals surface area contributed by atoms with E-state index in [1.54, 1.807) is 40.0 Å². The van der Waals surface area contributed by atoms with Crippen molar-refractivity contribution in [1.29, 1.82) is 0 Å². The van der Waals surface area contributed by atoms with Gasteiger partial charge in [0.25, 0.3) is 11.9 Å². The van der Waals surface area contributed by atoms with Crippen LogP contribution in [0.3, 0.4) is 0 Å². The van der Waals surface area contributed by atoms with Crippen molar-refractivity contribution in [2.45, 2.75) is 0 Å². The minimum Gasteiger partial charge on any atom is -0.497 e. The Morgan fingerprint density at radius 1 is 0.568 bits per heavy atom. The first-order chi connectivity index (χ1) is 18.2. The van der Waals surface area contributed by atoms with Gasteiger partial charge in [0, 0.05) is 0 Å². The van der Waals surface area contributed by atoms with E-state index in [4.69, 9.17) is 14.2 Å². The molecule has 0 atom stereocenters. The van der Waals surface area contributed by atoms with Gasteiger partial charge in [0.1, 0.15) is 17.2 Å². The van der Waals surface area contributed by atoms with Gasteiger partial charge in [-0.25, -0.2) is 10.9 Å². The van der Waals surface area contributed by atoms with Gasteiger partial charge in [-0.3, -0.25) is 0 Å². The van der Waals surface area contributed by atoms with Crippen molar-refractivity contribution in [3.8, 4) is 17.2 Å². The van der Waals surface area contributed by atoms with Crippen LogP contribution in [0.25, 0.3) is 0 Å². The highest BCUT2D eigenvalue weighted by Gasteiger charge is 2.10. The summed E-state index contributed by atoms with van der Waals surface area (Å²) in [5.41, 5.74) is 8.36. The van der Waals surface area contributed by atoms with E-state index in [0.29, 0.717) is 0 Å². The van der Waals surface area contributed by atoms with E-state index in [-0.39, 0.29) is 11.9 Å². The number of hydrazone groups is 2. The summed E-state index contributed by atoms with van der Waals surface area (Å²) < 4.78 is 17.0. The van der Waals surface area contributed by atoms with Crippen LogP contribution in [-0.2, 0) is 0 Å². The number of benzene rings is 3. The van der Waals surface area contributed by atoms with E-state index in [2.05, 4.69) is 36.4 Å². The van der Waals surface area contributed by atoms with Gasteiger partial charge in [-0.05, 0) is 89.5 Å². The molecule has 0 spiro atoms. The number of hydrogen-bond donors (Lipinski definition) is 2. The number of aromatic nitrogens is 3. The van der Waals surface area contributed by atoms with Gasteiger partial charge < -0.3 is 14.2 Å². The SMILES string of the molecule is COc1ccc(C=NNc2nnc(NN=Cc3ccc(OC)cc3)n2N=Cc2ccc(OC)cc2)cc1. The van der Waals surface area contributed by atoms with Gasteiger partial charge in [-0.15, -0.1) is 10.2 Å². The molecule has 37 heavy (non-hydrogen) atoms. The molecule has 0 saturated carbocycles. The predicted octanol–water partition coefficient (Wildman–Crippen LogP) is 4.08. The molecule has 4 aromatic rings. The first-order valence-electron chi connectivity index (χ1n) is 11.2. The third-order valence-electron chi connectivity index (χ3n) is 5.07. The highest BCUT2D eigenvalue weighted by Crippen LogP contribution is 2.15. The second-order valence-electron chi connectivity index (χ2n) is 7.46. The lowest BCUT2D eigenvalue weighted by atomic mass is 10.2. The van der Waals surface area contributed by atoms with E-state index in [1.165, 1.54) is 4.68 Å². The van der Waals surface area contributed by atoms with Crippen molar-refractivity contribution < 1.29 is 14.2 Å². The first-order valence-corrected chi connectivity index (χ1v) is 11.2. The Bertz CT molecular complexity index is 1290. The summed E-state index contributed by atoms with van der Waals surface area (Å²) in [6, 6.07) is 22.4. The van der Waals surface area contributed by atoms with E-state index in [9.17, 15) is 0 Å². The molecule has 0 aliphatic heterocycles. The Labute approximate surface area is 214 Å². The van der Waals surface area contributed by atoms with Crippen molar-refractivity contribution in [3.05, 3.63) is 89.5 Å². The van der Waals surface area contributed by atoms with Gasteiger partial charge >= 0.3 is 0 Å². The van der Waals surface area contributed by atoms with Gasteiger partial charge in [0.15, 0.2) is 0 Å². The molecule has 1 aromatic heterocycles. The average molecular weight is 499 g/mol. The number of nitrogens with one attached hydrogen (secondary N) is 2. The van der Waals surface area contributed by atoms with Crippen LogP contribution in [0.5, 0.6) is 17.2 Å². The van der Waals surface area contributed by atoms with Gasteiger partial charge in [0.05, 0.1) is 40.0 Å². The first kappa shape index (κ1) is 24.9. The smallest absolute Gasteiger partial charge is 0.267 e. The second-order valence-corrected chi connectivity index (χ2v) is 7.46. The summed E-state index contributed by atoms with van der Waals surface area (Å²) in [7, 11) is 4.86. The zero-order valence-corrected chi connectivity index (χ0v) is 20.6. The monoisotopic (exact) mass is 498 g/mol. The number of anilines is 2. The van der Waals surface area contributed by atoms with Gasteiger partial charge in [-0.2, -0.15) is 20.0 Å². The average Bonchev–Trinajstić information content (AvgIpc) is 3.34. The third-order valence-corrected chi connectivity index (χ3v) is 5.07. The highest BCUT2D eigenvalue weighted by molar-refractivity contribution is 5.81. The number of hydrogen-bond acceptors (Lipinski definition) is 10. The van der Waals surface area contributed by atoms with Crippen LogP contribution in [0.2, 0.25) is 0 Å². The molecule has 3 aromatic carbocycles. The lowest BCUT2D eigenvalue weighted by Crippen LogP contribution is -2.03. The van der Waals surface area contributed by atoms with Crippen molar-refractivity contribution in [2.75, 3.05) is 32.2 Å².